The van der Waals surface area contributed by atoms with E-state index in [1.54, 1.807) is 47.4 Å². The molecular weight excluding hydrogens is 449 g/mol. The monoisotopic (exact) mass is 469 g/mol. The van der Waals surface area contributed by atoms with Gasteiger partial charge in [-0.2, -0.15) is 0 Å². The third-order valence-corrected chi connectivity index (χ3v) is 5.63. The van der Waals surface area contributed by atoms with Crippen molar-refractivity contribution in [2.24, 2.45) is 0 Å². The van der Waals surface area contributed by atoms with Gasteiger partial charge in [-0.25, -0.2) is 0 Å². The second-order valence-corrected chi connectivity index (χ2v) is 8.25. The molecule has 1 heterocycles. The minimum atomic E-state index is -0.933. The van der Waals surface area contributed by atoms with E-state index >= 15 is 0 Å². The van der Waals surface area contributed by atoms with E-state index in [4.69, 9.17) is 44.3 Å². The lowest BCUT2D eigenvalue weighted by atomic mass is 10.0. The summed E-state index contributed by atoms with van der Waals surface area (Å²) in [5, 5.41) is 1.48. The highest BCUT2D eigenvalue weighted by atomic mass is 35.5. The Balaban J connectivity index is 1.87. The van der Waals surface area contributed by atoms with E-state index in [1.807, 2.05) is 6.92 Å². The van der Waals surface area contributed by atoms with Gasteiger partial charge in [-0.1, -0.05) is 54.2 Å². The molecule has 8 heteroatoms. The molecule has 5 nitrogen and oxygen atoms in total. The predicted molar refractivity (Wildman–Crippen MR) is 118 cm³/mol. The molecule has 2 aromatic rings. The van der Waals surface area contributed by atoms with Crippen molar-refractivity contribution < 1.29 is 19.1 Å². The van der Waals surface area contributed by atoms with Gasteiger partial charge in [-0.15, -0.1) is 0 Å². The van der Waals surface area contributed by atoms with Crippen LogP contribution in [0.2, 0.25) is 15.1 Å². The van der Waals surface area contributed by atoms with Crippen LogP contribution in [0.25, 0.3) is 0 Å². The lowest BCUT2D eigenvalue weighted by molar-refractivity contribution is -0.153. The van der Waals surface area contributed by atoms with Gasteiger partial charge in [-0.05, 0) is 48.4 Å². The maximum Gasteiger partial charge on any atom is 0.308 e. The van der Waals surface area contributed by atoms with Gasteiger partial charge >= 0.3 is 5.97 Å². The molecule has 1 fully saturated rings. The van der Waals surface area contributed by atoms with Crippen molar-refractivity contribution in [3.05, 3.63) is 63.1 Å². The van der Waals surface area contributed by atoms with Crippen molar-refractivity contribution in [3.63, 3.8) is 0 Å². The molecule has 0 spiro atoms. The molecule has 1 aliphatic rings. The van der Waals surface area contributed by atoms with Gasteiger partial charge < -0.3 is 14.4 Å². The van der Waals surface area contributed by atoms with Gasteiger partial charge in [0.05, 0.1) is 25.7 Å². The number of amides is 1. The molecular formula is C22H22Cl3NO4. The summed E-state index contributed by atoms with van der Waals surface area (Å²) >= 11 is 18.4. The fraction of sp³-hybridized carbons (Fsp3) is 0.364. The number of esters is 1. The quantitative estimate of drug-likeness (QED) is 0.376. The van der Waals surface area contributed by atoms with Crippen LogP contribution < -0.4 is 4.90 Å². The summed E-state index contributed by atoms with van der Waals surface area (Å²) in [6.45, 7) is 2.51. The number of carbonyl (C=O) groups excluding carboxylic acids is 2. The van der Waals surface area contributed by atoms with Crippen LogP contribution in [0, 0.1) is 0 Å². The molecule has 0 bridgehead atoms. The second-order valence-electron chi connectivity index (χ2n) is 6.97. The van der Waals surface area contributed by atoms with E-state index in [9.17, 15) is 9.59 Å². The van der Waals surface area contributed by atoms with Crippen LogP contribution >= 0.6 is 34.8 Å². The summed E-state index contributed by atoms with van der Waals surface area (Å²) in [5.41, 5.74) is 1.33. The summed E-state index contributed by atoms with van der Waals surface area (Å²) in [5.74, 6) is -0.798. The maximum absolute atomic E-state index is 13.3. The SMILES string of the molecule is CCCCOC(=O)CC1OCC(c2ccc(Cl)cc2Cl)N(c2ccc(Cl)cc2)C1=O. The number of hydrogen-bond acceptors (Lipinski definition) is 4. The Morgan fingerprint density at radius 1 is 1.13 bits per heavy atom. The van der Waals surface area contributed by atoms with E-state index in [2.05, 4.69) is 0 Å². The zero-order valence-electron chi connectivity index (χ0n) is 16.4. The van der Waals surface area contributed by atoms with Crippen LogP contribution in [0.1, 0.15) is 37.8 Å². The lowest BCUT2D eigenvalue weighted by Crippen LogP contribution is -2.50. The molecule has 3 rings (SSSR count). The lowest BCUT2D eigenvalue weighted by Gasteiger charge is -2.39. The molecule has 0 radical (unpaired) electrons. The smallest absolute Gasteiger partial charge is 0.308 e. The third-order valence-electron chi connectivity index (χ3n) is 4.82. The fourth-order valence-corrected chi connectivity index (χ4v) is 3.92. The molecule has 0 N–H and O–H groups in total. The van der Waals surface area contributed by atoms with Gasteiger partial charge in [0, 0.05) is 20.8 Å². The largest absolute Gasteiger partial charge is 0.466 e. The first-order valence-electron chi connectivity index (χ1n) is 9.71. The molecule has 0 aromatic heterocycles. The zero-order chi connectivity index (χ0) is 21.7. The highest BCUT2D eigenvalue weighted by molar-refractivity contribution is 6.35. The topological polar surface area (TPSA) is 55.8 Å². The van der Waals surface area contributed by atoms with Crippen LogP contribution in [0.4, 0.5) is 5.69 Å². The van der Waals surface area contributed by atoms with Gasteiger partial charge in [0.1, 0.15) is 6.10 Å². The van der Waals surface area contributed by atoms with Gasteiger partial charge in [0.15, 0.2) is 0 Å². The average Bonchev–Trinajstić information content (AvgIpc) is 2.71. The van der Waals surface area contributed by atoms with Crippen molar-refractivity contribution >= 4 is 52.4 Å². The Hall–Kier alpha value is -1.79. The molecule has 1 saturated heterocycles. The van der Waals surface area contributed by atoms with Crippen molar-refractivity contribution in [1.82, 2.24) is 0 Å². The highest BCUT2D eigenvalue weighted by Gasteiger charge is 2.40. The Kier molecular flexibility index (Phi) is 8.00. The maximum atomic E-state index is 13.3. The number of morpholine rings is 1. The normalized spacial score (nSPS) is 19.1. The average molecular weight is 471 g/mol. The van der Waals surface area contributed by atoms with E-state index in [-0.39, 0.29) is 18.9 Å². The number of ether oxygens (including phenoxy) is 2. The first kappa shape index (κ1) is 22.9. The van der Waals surface area contributed by atoms with Crippen LogP contribution in [-0.4, -0.2) is 31.2 Å². The first-order chi connectivity index (χ1) is 14.4. The standard InChI is InChI=1S/C22H22Cl3NO4/c1-2-3-10-29-21(27)12-20-22(28)26(16-7-4-14(23)5-8-16)19(13-30-20)17-9-6-15(24)11-18(17)25/h4-9,11,19-20H,2-3,10,12-13H2,1H3. The number of halogens is 3. The number of hydrogen-bond donors (Lipinski definition) is 0. The Labute approximate surface area is 190 Å². The number of carbonyl (C=O) groups is 2. The van der Waals surface area contributed by atoms with Crippen molar-refractivity contribution in [3.8, 4) is 0 Å². The number of nitrogens with zero attached hydrogens (tertiary/aromatic N) is 1. The van der Waals surface area contributed by atoms with E-state index in [0.717, 1.165) is 12.8 Å². The molecule has 1 aliphatic heterocycles. The minimum Gasteiger partial charge on any atom is -0.466 e. The van der Waals surface area contributed by atoms with E-state index in [1.165, 1.54) is 0 Å². The zero-order valence-corrected chi connectivity index (χ0v) is 18.7. The Morgan fingerprint density at radius 2 is 1.83 bits per heavy atom. The summed E-state index contributed by atoms with van der Waals surface area (Å²) in [7, 11) is 0. The molecule has 160 valence electrons. The number of unbranched alkanes of at least 4 members (excludes halogenated alkanes) is 1. The molecule has 30 heavy (non-hydrogen) atoms. The summed E-state index contributed by atoms with van der Waals surface area (Å²) in [6, 6.07) is 11.5. The first-order valence-corrected chi connectivity index (χ1v) is 10.8. The molecule has 1 amide bonds. The second kappa shape index (κ2) is 10.5. The molecule has 2 atom stereocenters. The van der Waals surface area contributed by atoms with Crippen LogP contribution in [0.5, 0.6) is 0 Å². The highest BCUT2D eigenvalue weighted by Crippen LogP contribution is 2.37. The number of rotatable bonds is 7. The Morgan fingerprint density at radius 3 is 2.50 bits per heavy atom. The molecule has 2 unspecified atom stereocenters. The van der Waals surface area contributed by atoms with Crippen molar-refractivity contribution in [2.45, 2.75) is 38.3 Å². The van der Waals surface area contributed by atoms with Crippen LogP contribution in [0.3, 0.4) is 0 Å². The third kappa shape index (κ3) is 5.46. The number of benzene rings is 2. The van der Waals surface area contributed by atoms with Gasteiger partial charge in [-0.3, -0.25) is 9.59 Å². The number of anilines is 1. The molecule has 2 aromatic carbocycles. The van der Waals surface area contributed by atoms with Gasteiger partial charge in [0.25, 0.3) is 5.91 Å². The molecule has 0 aliphatic carbocycles. The molecule has 0 saturated carbocycles. The minimum absolute atomic E-state index is 0.145. The van der Waals surface area contributed by atoms with E-state index in [0.29, 0.717) is 32.9 Å². The fourth-order valence-electron chi connectivity index (χ4n) is 3.26. The van der Waals surface area contributed by atoms with Gasteiger partial charge in [0.2, 0.25) is 0 Å². The van der Waals surface area contributed by atoms with E-state index < -0.39 is 18.1 Å². The van der Waals surface area contributed by atoms with Crippen LogP contribution in [-0.2, 0) is 19.1 Å². The van der Waals surface area contributed by atoms with Crippen molar-refractivity contribution in [2.75, 3.05) is 18.1 Å². The van der Waals surface area contributed by atoms with Crippen LogP contribution in [0.15, 0.2) is 42.5 Å². The van der Waals surface area contributed by atoms with Crippen molar-refractivity contribution in [1.29, 1.82) is 0 Å². The summed E-state index contributed by atoms with van der Waals surface area (Å²) in [4.78, 5) is 27.1. The Bertz CT molecular complexity index is 904. The predicted octanol–water partition coefficient (Wildman–Crippen LogP) is 5.85. The summed E-state index contributed by atoms with van der Waals surface area (Å²) in [6.07, 6.45) is 0.615. The summed E-state index contributed by atoms with van der Waals surface area (Å²) < 4.78 is 11.0.